The van der Waals surface area contributed by atoms with Crippen molar-refractivity contribution in [1.82, 2.24) is 0 Å². The van der Waals surface area contributed by atoms with E-state index in [4.69, 9.17) is 8.83 Å². The number of rotatable bonds is 3. The fraction of sp³-hybridized carbons (Fsp3) is 0.308. The summed E-state index contributed by atoms with van der Waals surface area (Å²) >= 11 is 0. The molecule has 0 fully saturated rings. The second-order valence-corrected chi connectivity index (χ2v) is 9.41. The van der Waals surface area contributed by atoms with Crippen molar-refractivity contribution in [3.63, 3.8) is 0 Å². The number of carbonyl (C=O) groups excluding carboxylic acids is 2. The highest BCUT2D eigenvalue weighted by atomic mass is 16.4. The number of aliphatic hydroxyl groups is 1. The largest absolute Gasteiger partial charge is 0.507 e. The van der Waals surface area contributed by atoms with Crippen LogP contribution in [0.15, 0.2) is 39.2 Å². The SMILES string of the molecule is CC(=O)c1cc2cc([C@@]3(C)CC[C@@](C)(O)c4oc5cc(O)c(C(C)=O)cc5c43)oc2cc1O. The van der Waals surface area contributed by atoms with Gasteiger partial charge in [0.05, 0.1) is 16.5 Å². The molecule has 1 aliphatic rings. The number of hydrogen-bond donors (Lipinski definition) is 3. The Labute approximate surface area is 189 Å². The Morgan fingerprint density at radius 1 is 0.848 bits per heavy atom. The number of ketones is 2. The van der Waals surface area contributed by atoms with E-state index < -0.39 is 11.0 Å². The topological polar surface area (TPSA) is 121 Å². The van der Waals surface area contributed by atoms with Crippen molar-refractivity contribution in [3.8, 4) is 11.5 Å². The van der Waals surface area contributed by atoms with E-state index in [0.717, 1.165) is 0 Å². The van der Waals surface area contributed by atoms with Gasteiger partial charge in [-0.1, -0.05) is 0 Å². The molecule has 2 aromatic heterocycles. The zero-order chi connectivity index (χ0) is 23.9. The van der Waals surface area contributed by atoms with Crippen LogP contribution < -0.4 is 0 Å². The molecule has 170 valence electrons. The summed E-state index contributed by atoms with van der Waals surface area (Å²) in [6.45, 7) is 6.41. The average Bonchev–Trinajstić information content (AvgIpc) is 3.31. The van der Waals surface area contributed by atoms with E-state index in [0.29, 0.717) is 51.9 Å². The summed E-state index contributed by atoms with van der Waals surface area (Å²) in [5, 5.41) is 32.9. The Balaban J connectivity index is 1.80. The maximum atomic E-state index is 12.1. The van der Waals surface area contributed by atoms with Crippen LogP contribution in [0.2, 0.25) is 0 Å². The highest BCUT2D eigenvalue weighted by Gasteiger charge is 2.48. The summed E-state index contributed by atoms with van der Waals surface area (Å²) in [6.07, 6.45) is 0.909. The Morgan fingerprint density at radius 2 is 1.45 bits per heavy atom. The molecule has 3 N–H and O–H groups in total. The molecule has 0 spiro atoms. The number of fused-ring (bicyclic) bond motifs is 4. The van der Waals surface area contributed by atoms with Crippen LogP contribution in [-0.2, 0) is 11.0 Å². The van der Waals surface area contributed by atoms with Gasteiger partial charge in [0, 0.05) is 28.5 Å². The van der Waals surface area contributed by atoms with Crippen LogP contribution in [0.25, 0.3) is 21.9 Å². The molecule has 0 amide bonds. The molecule has 4 aromatic rings. The number of hydrogen-bond acceptors (Lipinski definition) is 7. The molecule has 2 atom stereocenters. The molecule has 7 nitrogen and oxygen atoms in total. The first-order valence-corrected chi connectivity index (χ1v) is 10.7. The number of aromatic hydroxyl groups is 2. The normalized spacial score (nSPS) is 22.6. The van der Waals surface area contributed by atoms with Gasteiger partial charge in [-0.15, -0.1) is 0 Å². The van der Waals surface area contributed by atoms with Gasteiger partial charge in [-0.2, -0.15) is 0 Å². The van der Waals surface area contributed by atoms with E-state index in [1.807, 2.05) is 13.0 Å². The van der Waals surface area contributed by atoms with Gasteiger partial charge < -0.3 is 24.2 Å². The van der Waals surface area contributed by atoms with Crippen molar-refractivity contribution < 1.29 is 33.7 Å². The third kappa shape index (κ3) is 2.99. The first-order chi connectivity index (χ1) is 15.4. The van der Waals surface area contributed by atoms with Gasteiger partial charge in [-0.25, -0.2) is 0 Å². The number of furan rings is 2. The maximum Gasteiger partial charge on any atom is 0.163 e. The molecule has 0 saturated carbocycles. The van der Waals surface area contributed by atoms with Crippen LogP contribution >= 0.6 is 0 Å². The number of benzene rings is 2. The highest BCUT2D eigenvalue weighted by Crippen LogP contribution is 2.53. The molecule has 0 saturated heterocycles. The summed E-state index contributed by atoms with van der Waals surface area (Å²) in [7, 11) is 0. The predicted molar refractivity (Wildman–Crippen MR) is 121 cm³/mol. The molecule has 0 aliphatic heterocycles. The molecule has 2 aromatic carbocycles. The van der Waals surface area contributed by atoms with E-state index in [9.17, 15) is 24.9 Å². The maximum absolute atomic E-state index is 12.1. The van der Waals surface area contributed by atoms with Crippen molar-refractivity contribution in [2.75, 3.05) is 0 Å². The number of phenolic OH excluding ortho intramolecular Hbond substituents is 2. The van der Waals surface area contributed by atoms with Gasteiger partial charge in [0.2, 0.25) is 0 Å². The number of carbonyl (C=O) groups is 2. The van der Waals surface area contributed by atoms with E-state index in [2.05, 4.69) is 0 Å². The number of phenols is 2. The van der Waals surface area contributed by atoms with Crippen LogP contribution in [0, 0.1) is 0 Å². The minimum Gasteiger partial charge on any atom is -0.507 e. The Bertz CT molecular complexity index is 1480. The highest BCUT2D eigenvalue weighted by molar-refractivity contribution is 6.02. The fourth-order valence-corrected chi connectivity index (χ4v) is 4.95. The lowest BCUT2D eigenvalue weighted by Crippen LogP contribution is -2.37. The van der Waals surface area contributed by atoms with Gasteiger partial charge >= 0.3 is 0 Å². The molecule has 7 heteroatoms. The molecule has 0 bridgehead atoms. The minimum atomic E-state index is -1.24. The van der Waals surface area contributed by atoms with Crippen molar-refractivity contribution >= 4 is 33.5 Å². The minimum absolute atomic E-state index is 0.149. The van der Waals surface area contributed by atoms with Crippen LogP contribution in [0.1, 0.15) is 78.3 Å². The van der Waals surface area contributed by atoms with E-state index in [1.54, 1.807) is 19.1 Å². The van der Waals surface area contributed by atoms with Gasteiger partial charge in [0.25, 0.3) is 0 Å². The van der Waals surface area contributed by atoms with Crippen molar-refractivity contribution in [2.24, 2.45) is 0 Å². The predicted octanol–water partition coefficient (Wildman–Crippen LogP) is 5.30. The van der Waals surface area contributed by atoms with Crippen molar-refractivity contribution in [3.05, 3.63) is 58.5 Å². The Hall–Kier alpha value is -3.58. The first-order valence-electron chi connectivity index (χ1n) is 10.7. The average molecular weight is 448 g/mol. The van der Waals surface area contributed by atoms with Crippen LogP contribution in [0.5, 0.6) is 11.5 Å². The van der Waals surface area contributed by atoms with Crippen molar-refractivity contribution in [2.45, 2.75) is 51.6 Å². The summed E-state index contributed by atoms with van der Waals surface area (Å²) < 4.78 is 12.2. The second-order valence-electron chi connectivity index (χ2n) is 9.41. The van der Waals surface area contributed by atoms with Crippen LogP contribution in [-0.4, -0.2) is 26.9 Å². The van der Waals surface area contributed by atoms with Crippen molar-refractivity contribution in [1.29, 1.82) is 0 Å². The second kappa shape index (κ2) is 6.71. The van der Waals surface area contributed by atoms with Crippen LogP contribution in [0.3, 0.4) is 0 Å². The van der Waals surface area contributed by atoms with Gasteiger partial charge in [0.15, 0.2) is 11.6 Å². The Kier molecular flexibility index (Phi) is 4.33. The summed E-state index contributed by atoms with van der Waals surface area (Å²) in [5.41, 5.74) is -0.121. The van der Waals surface area contributed by atoms with Crippen LogP contribution in [0.4, 0.5) is 0 Å². The number of Topliss-reactive ketones (excluding diaryl/α,β-unsaturated/α-hetero) is 2. The Morgan fingerprint density at radius 3 is 2.09 bits per heavy atom. The molecule has 5 rings (SSSR count). The lowest BCUT2D eigenvalue weighted by molar-refractivity contribution is 0.00741. The molecule has 2 heterocycles. The third-order valence-electron chi connectivity index (χ3n) is 6.90. The summed E-state index contributed by atoms with van der Waals surface area (Å²) in [6, 6.07) is 7.85. The van der Waals surface area contributed by atoms with Gasteiger partial charge in [-0.05, 0) is 58.7 Å². The standard InChI is InChI=1S/C26H24O7/c1-12(27)15-7-14-8-22(32-20(14)10-18(15)29)25(3)5-6-26(4,31)24-23(25)17-9-16(13(2)28)19(30)11-21(17)33-24/h7-11,29-31H,5-6H2,1-4H3/t25-,26-/m1/s1. The van der Waals surface area contributed by atoms with Gasteiger partial charge in [-0.3, -0.25) is 9.59 Å². The lowest BCUT2D eigenvalue weighted by Gasteiger charge is -2.38. The molecule has 0 unspecified atom stereocenters. The summed E-state index contributed by atoms with van der Waals surface area (Å²) in [4.78, 5) is 23.9. The van der Waals surface area contributed by atoms with E-state index >= 15 is 0 Å². The molecule has 33 heavy (non-hydrogen) atoms. The van der Waals surface area contributed by atoms with E-state index in [1.165, 1.54) is 26.0 Å². The molecular weight excluding hydrogens is 424 g/mol. The first kappa shape index (κ1) is 21.3. The van der Waals surface area contributed by atoms with E-state index in [-0.39, 0.29) is 34.2 Å². The van der Waals surface area contributed by atoms with Gasteiger partial charge in [0.1, 0.15) is 39.8 Å². The zero-order valence-electron chi connectivity index (χ0n) is 18.8. The summed E-state index contributed by atoms with van der Waals surface area (Å²) in [5.74, 6) is 0.0667. The lowest BCUT2D eigenvalue weighted by atomic mass is 9.67. The fourth-order valence-electron chi connectivity index (χ4n) is 4.95. The zero-order valence-corrected chi connectivity index (χ0v) is 18.8. The quantitative estimate of drug-likeness (QED) is 0.364. The monoisotopic (exact) mass is 448 g/mol. The molecular formula is C26H24O7. The third-order valence-corrected chi connectivity index (χ3v) is 6.90. The molecule has 1 aliphatic carbocycles. The smallest absolute Gasteiger partial charge is 0.163 e. The molecule has 0 radical (unpaired) electrons.